The van der Waals surface area contributed by atoms with E-state index in [1.165, 1.54) is 0 Å². The van der Waals surface area contributed by atoms with Crippen LogP contribution in [0.3, 0.4) is 0 Å². The summed E-state index contributed by atoms with van der Waals surface area (Å²) in [5.74, 6) is 0.490. The van der Waals surface area contributed by atoms with Crippen molar-refractivity contribution in [2.75, 3.05) is 5.73 Å². The van der Waals surface area contributed by atoms with Crippen LogP contribution in [0, 0.1) is 6.92 Å². The summed E-state index contributed by atoms with van der Waals surface area (Å²) in [6, 6.07) is 0. The van der Waals surface area contributed by atoms with Gasteiger partial charge in [0.15, 0.2) is 5.82 Å². The molecule has 0 aliphatic carbocycles. The van der Waals surface area contributed by atoms with Crippen molar-refractivity contribution in [3.05, 3.63) is 16.7 Å². The number of nitrogens with one attached hydrogen (secondary N) is 1. The number of anilines is 1. The van der Waals surface area contributed by atoms with Crippen molar-refractivity contribution in [2.24, 2.45) is 0 Å². The van der Waals surface area contributed by atoms with Gasteiger partial charge in [-0.05, 0) is 0 Å². The fourth-order valence-electron chi connectivity index (χ4n) is 0.974. The highest BCUT2D eigenvalue weighted by Crippen LogP contribution is 2.10. The molecule has 2 aromatic heterocycles. The molecule has 0 saturated carbocycles. The SMILES string of the molecule is Cc1nc(CNC(=O)c2nnc(N)s2)no1. The molecule has 2 aromatic rings. The van der Waals surface area contributed by atoms with Crippen LogP contribution in [0.2, 0.25) is 0 Å². The van der Waals surface area contributed by atoms with E-state index in [-0.39, 0.29) is 22.6 Å². The third kappa shape index (κ3) is 2.31. The van der Waals surface area contributed by atoms with Gasteiger partial charge < -0.3 is 15.6 Å². The first-order valence-electron chi connectivity index (χ1n) is 4.31. The molecule has 0 radical (unpaired) electrons. The zero-order valence-corrected chi connectivity index (χ0v) is 9.11. The average molecular weight is 240 g/mol. The van der Waals surface area contributed by atoms with E-state index in [1.807, 2.05) is 0 Å². The number of carbonyl (C=O) groups excluding carboxylic acids is 1. The maximum atomic E-state index is 11.5. The zero-order valence-electron chi connectivity index (χ0n) is 8.30. The van der Waals surface area contributed by atoms with E-state index in [2.05, 4.69) is 25.7 Å². The molecule has 0 aliphatic rings. The normalized spacial score (nSPS) is 10.3. The predicted octanol–water partition coefficient (Wildman–Crippen LogP) is -0.258. The second-order valence-corrected chi connectivity index (χ2v) is 3.87. The van der Waals surface area contributed by atoms with Crippen LogP contribution in [-0.4, -0.2) is 26.2 Å². The zero-order chi connectivity index (χ0) is 11.5. The Labute approximate surface area is 93.9 Å². The minimum Gasteiger partial charge on any atom is -0.374 e. The van der Waals surface area contributed by atoms with Gasteiger partial charge >= 0.3 is 0 Å². The highest BCUT2D eigenvalue weighted by molar-refractivity contribution is 7.16. The van der Waals surface area contributed by atoms with Gasteiger partial charge in [0.1, 0.15) is 0 Å². The minimum atomic E-state index is -0.364. The first-order valence-corrected chi connectivity index (χ1v) is 5.13. The van der Waals surface area contributed by atoms with E-state index in [9.17, 15) is 4.79 Å². The van der Waals surface area contributed by atoms with E-state index < -0.39 is 0 Å². The minimum absolute atomic E-state index is 0.176. The topological polar surface area (TPSA) is 120 Å². The summed E-state index contributed by atoms with van der Waals surface area (Å²) in [7, 11) is 0. The lowest BCUT2D eigenvalue weighted by atomic mass is 10.5. The number of amides is 1. The van der Waals surface area contributed by atoms with Crippen LogP contribution in [0.15, 0.2) is 4.52 Å². The van der Waals surface area contributed by atoms with Crippen LogP contribution in [0.25, 0.3) is 0 Å². The average Bonchev–Trinajstić information content (AvgIpc) is 2.84. The summed E-state index contributed by atoms with van der Waals surface area (Å²) in [6.45, 7) is 1.85. The fourth-order valence-corrected chi connectivity index (χ4v) is 1.50. The van der Waals surface area contributed by atoms with Gasteiger partial charge in [0.25, 0.3) is 5.91 Å². The number of aromatic nitrogens is 4. The molecule has 2 rings (SSSR count). The molecule has 0 fully saturated rings. The third-order valence-electron chi connectivity index (χ3n) is 1.61. The Morgan fingerprint density at radius 1 is 1.56 bits per heavy atom. The van der Waals surface area contributed by atoms with Crippen molar-refractivity contribution in [3.63, 3.8) is 0 Å². The van der Waals surface area contributed by atoms with Crippen LogP contribution in [-0.2, 0) is 6.54 Å². The Bertz CT molecular complexity index is 506. The molecule has 3 N–H and O–H groups in total. The van der Waals surface area contributed by atoms with Crippen LogP contribution in [0.4, 0.5) is 5.13 Å². The maximum absolute atomic E-state index is 11.5. The molecule has 0 aliphatic heterocycles. The highest BCUT2D eigenvalue weighted by Gasteiger charge is 2.12. The molecular weight excluding hydrogens is 232 g/mol. The lowest BCUT2D eigenvalue weighted by Crippen LogP contribution is -2.23. The quantitative estimate of drug-likeness (QED) is 0.758. The molecule has 0 atom stereocenters. The summed E-state index contributed by atoms with van der Waals surface area (Å²) in [4.78, 5) is 15.4. The van der Waals surface area contributed by atoms with Crippen molar-refractivity contribution in [2.45, 2.75) is 13.5 Å². The lowest BCUT2D eigenvalue weighted by molar-refractivity contribution is 0.0948. The molecular formula is C7H8N6O2S. The molecule has 0 aromatic carbocycles. The number of nitrogens with two attached hydrogens (primary N) is 1. The first-order chi connectivity index (χ1) is 7.65. The first kappa shape index (κ1) is 10.5. The Morgan fingerprint density at radius 3 is 2.94 bits per heavy atom. The number of nitrogens with zero attached hydrogens (tertiary/aromatic N) is 4. The largest absolute Gasteiger partial charge is 0.374 e. The smallest absolute Gasteiger partial charge is 0.282 e. The molecule has 0 bridgehead atoms. The van der Waals surface area contributed by atoms with Gasteiger partial charge in [-0.1, -0.05) is 16.5 Å². The van der Waals surface area contributed by atoms with E-state index >= 15 is 0 Å². The second kappa shape index (κ2) is 4.23. The van der Waals surface area contributed by atoms with Gasteiger partial charge in [-0.3, -0.25) is 4.79 Å². The molecule has 0 unspecified atom stereocenters. The number of hydrogen-bond donors (Lipinski definition) is 2. The molecule has 16 heavy (non-hydrogen) atoms. The Hall–Kier alpha value is -2.03. The predicted molar refractivity (Wildman–Crippen MR) is 54.5 cm³/mol. The molecule has 1 amide bonds. The molecule has 9 heteroatoms. The van der Waals surface area contributed by atoms with Gasteiger partial charge in [0.2, 0.25) is 16.0 Å². The van der Waals surface area contributed by atoms with Gasteiger partial charge in [-0.25, -0.2) is 0 Å². The van der Waals surface area contributed by atoms with Gasteiger partial charge in [-0.2, -0.15) is 4.98 Å². The third-order valence-corrected chi connectivity index (χ3v) is 2.36. The summed E-state index contributed by atoms with van der Waals surface area (Å²) in [5.41, 5.74) is 5.35. The Kier molecular flexibility index (Phi) is 2.77. The van der Waals surface area contributed by atoms with Crippen molar-refractivity contribution >= 4 is 22.4 Å². The van der Waals surface area contributed by atoms with E-state index in [1.54, 1.807) is 6.92 Å². The molecule has 84 valence electrons. The monoisotopic (exact) mass is 240 g/mol. The van der Waals surface area contributed by atoms with Crippen LogP contribution >= 0.6 is 11.3 Å². The van der Waals surface area contributed by atoms with Crippen molar-refractivity contribution in [3.8, 4) is 0 Å². The van der Waals surface area contributed by atoms with Gasteiger partial charge in [-0.15, -0.1) is 10.2 Å². The van der Waals surface area contributed by atoms with Gasteiger partial charge in [0.05, 0.1) is 6.54 Å². The fraction of sp³-hybridized carbons (Fsp3) is 0.286. The molecule has 0 spiro atoms. The van der Waals surface area contributed by atoms with Gasteiger partial charge in [0, 0.05) is 6.92 Å². The van der Waals surface area contributed by atoms with E-state index in [0.29, 0.717) is 11.7 Å². The standard InChI is InChI=1S/C7H8N6O2S/c1-3-10-4(13-15-3)2-9-5(14)6-11-12-7(8)16-6/h2H2,1H3,(H2,8,12)(H,9,14). The number of nitrogen functional groups attached to an aromatic ring is 1. The second-order valence-electron chi connectivity index (χ2n) is 2.86. The molecule has 2 heterocycles. The summed E-state index contributed by atoms with van der Waals surface area (Å²) < 4.78 is 4.75. The van der Waals surface area contributed by atoms with Crippen LogP contribution in [0.5, 0.6) is 0 Å². The summed E-state index contributed by atoms with van der Waals surface area (Å²) in [5, 5.41) is 13.8. The van der Waals surface area contributed by atoms with Crippen molar-refractivity contribution in [1.29, 1.82) is 0 Å². The summed E-state index contributed by atoms with van der Waals surface area (Å²) >= 11 is 1.02. The Morgan fingerprint density at radius 2 is 2.38 bits per heavy atom. The number of carbonyl (C=O) groups is 1. The van der Waals surface area contributed by atoms with E-state index in [4.69, 9.17) is 10.3 Å². The van der Waals surface area contributed by atoms with Crippen molar-refractivity contribution < 1.29 is 9.32 Å². The molecule has 0 saturated heterocycles. The van der Waals surface area contributed by atoms with Crippen LogP contribution in [0.1, 0.15) is 21.5 Å². The highest BCUT2D eigenvalue weighted by atomic mass is 32.1. The lowest BCUT2D eigenvalue weighted by Gasteiger charge is -1.96. The Balaban J connectivity index is 1.93. The number of hydrogen-bond acceptors (Lipinski definition) is 8. The van der Waals surface area contributed by atoms with E-state index in [0.717, 1.165) is 11.3 Å². The molecule has 8 nitrogen and oxygen atoms in total. The number of rotatable bonds is 3. The summed E-state index contributed by atoms with van der Waals surface area (Å²) in [6.07, 6.45) is 0. The van der Waals surface area contributed by atoms with Crippen LogP contribution < -0.4 is 11.1 Å². The maximum Gasteiger partial charge on any atom is 0.282 e. The number of aryl methyl sites for hydroxylation is 1. The van der Waals surface area contributed by atoms with Crippen molar-refractivity contribution in [1.82, 2.24) is 25.7 Å².